The molecule has 0 spiro atoms. The molecule has 1 aromatic rings. The minimum Gasteiger partial charge on any atom is -0.465 e. The number of rotatable bonds is 3. The molecule has 0 atom stereocenters. The van der Waals surface area contributed by atoms with E-state index in [1.165, 1.54) is 6.07 Å². The number of halogens is 3. The van der Waals surface area contributed by atoms with E-state index >= 15 is 0 Å². The van der Waals surface area contributed by atoms with Gasteiger partial charge in [-0.05, 0) is 17.7 Å². The lowest BCUT2D eigenvalue weighted by atomic mass is 9.99. The lowest BCUT2D eigenvalue weighted by molar-refractivity contribution is 0.0599. The van der Waals surface area contributed by atoms with E-state index in [0.717, 1.165) is 13.2 Å². The molecule has 0 N–H and O–H groups in total. The molecule has 0 radical (unpaired) electrons. The number of nitrogens with zero attached hydrogens (tertiary/aromatic N) is 1. The lowest BCUT2D eigenvalue weighted by Gasteiger charge is -2.09. The maximum atomic E-state index is 12.7. The summed E-state index contributed by atoms with van der Waals surface area (Å²) in [5, 5.41) is 8.83. The molecule has 17 heavy (non-hydrogen) atoms. The van der Waals surface area contributed by atoms with Crippen LogP contribution in [0.15, 0.2) is 12.1 Å². The molecule has 0 aliphatic carbocycles. The van der Waals surface area contributed by atoms with Gasteiger partial charge in [-0.25, -0.2) is 13.6 Å². The Hall–Kier alpha value is -1.67. The largest absolute Gasteiger partial charge is 0.465 e. The van der Waals surface area contributed by atoms with Crippen molar-refractivity contribution < 1.29 is 18.3 Å². The summed E-state index contributed by atoms with van der Waals surface area (Å²) >= 11 is 5.54. The van der Waals surface area contributed by atoms with Crippen LogP contribution in [0.4, 0.5) is 8.78 Å². The Kier molecular flexibility index (Phi) is 4.41. The van der Waals surface area contributed by atoms with Crippen molar-refractivity contribution in [1.29, 1.82) is 5.26 Å². The van der Waals surface area contributed by atoms with Gasteiger partial charge in [0.05, 0.1) is 18.2 Å². The quantitative estimate of drug-likeness (QED) is 0.619. The number of benzene rings is 1. The van der Waals surface area contributed by atoms with E-state index < -0.39 is 18.0 Å². The van der Waals surface area contributed by atoms with Gasteiger partial charge in [0.25, 0.3) is 6.43 Å². The van der Waals surface area contributed by atoms with Gasteiger partial charge in [-0.15, -0.1) is 11.6 Å². The second-order valence-corrected chi connectivity index (χ2v) is 3.41. The van der Waals surface area contributed by atoms with Gasteiger partial charge >= 0.3 is 5.97 Å². The van der Waals surface area contributed by atoms with Crippen molar-refractivity contribution in [2.45, 2.75) is 12.3 Å². The third-order valence-electron chi connectivity index (χ3n) is 2.14. The molecule has 0 amide bonds. The first-order chi connectivity index (χ1) is 8.04. The van der Waals surface area contributed by atoms with E-state index in [9.17, 15) is 13.6 Å². The van der Waals surface area contributed by atoms with E-state index in [1.807, 2.05) is 0 Å². The summed E-state index contributed by atoms with van der Waals surface area (Å²) in [6.07, 6.45) is -2.85. The maximum absolute atomic E-state index is 12.7. The smallest absolute Gasteiger partial charge is 0.339 e. The van der Waals surface area contributed by atoms with Crippen LogP contribution in [0.2, 0.25) is 0 Å². The third kappa shape index (κ3) is 2.71. The molecule has 0 unspecified atom stereocenters. The van der Waals surface area contributed by atoms with Gasteiger partial charge in [-0.1, -0.05) is 0 Å². The maximum Gasteiger partial charge on any atom is 0.339 e. The van der Waals surface area contributed by atoms with E-state index in [-0.39, 0.29) is 17.0 Å². The number of esters is 1. The van der Waals surface area contributed by atoms with Gasteiger partial charge in [-0.2, -0.15) is 5.26 Å². The molecule has 0 aromatic heterocycles. The molecular weight excluding hydrogens is 252 g/mol. The normalized spacial score (nSPS) is 10.1. The van der Waals surface area contributed by atoms with E-state index in [4.69, 9.17) is 16.9 Å². The first-order valence-electron chi connectivity index (χ1n) is 4.54. The Bertz CT molecular complexity index is 483. The Morgan fingerprint density at radius 2 is 2.24 bits per heavy atom. The highest BCUT2D eigenvalue weighted by molar-refractivity contribution is 6.17. The number of hydrogen-bond acceptors (Lipinski definition) is 3. The van der Waals surface area contributed by atoms with Crippen molar-refractivity contribution >= 4 is 17.6 Å². The number of nitriles is 1. The summed E-state index contributed by atoms with van der Waals surface area (Å²) in [5.41, 5.74) is -0.739. The van der Waals surface area contributed by atoms with Crippen LogP contribution in [0.5, 0.6) is 0 Å². The van der Waals surface area contributed by atoms with Crippen molar-refractivity contribution in [3.8, 4) is 6.07 Å². The molecule has 1 aromatic carbocycles. The van der Waals surface area contributed by atoms with Gasteiger partial charge in [0.15, 0.2) is 0 Å². The summed E-state index contributed by atoms with van der Waals surface area (Å²) in [5.74, 6) is -0.870. The predicted octanol–water partition coefficient (Wildman–Crippen LogP) is 3.02. The summed E-state index contributed by atoms with van der Waals surface area (Å²) in [6, 6.07) is 3.98. The van der Waals surface area contributed by atoms with Crippen LogP contribution < -0.4 is 0 Å². The Morgan fingerprint density at radius 1 is 1.59 bits per heavy atom. The van der Waals surface area contributed by atoms with E-state index in [0.29, 0.717) is 5.56 Å². The van der Waals surface area contributed by atoms with Gasteiger partial charge in [0.1, 0.15) is 6.07 Å². The topological polar surface area (TPSA) is 50.1 Å². The Morgan fingerprint density at radius 3 is 2.65 bits per heavy atom. The average molecular weight is 260 g/mol. The first-order valence-corrected chi connectivity index (χ1v) is 5.08. The van der Waals surface area contributed by atoms with Gasteiger partial charge in [-0.3, -0.25) is 0 Å². The Balaban J connectivity index is 3.52. The summed E-state index contributed by atoms with van der Waals surface area (Å²) in [7, 11) is 1.11. The Labute approximate surface area is 102 Å². The van der Waals surface area contributed by atoms with E-state index in [1.54, 1.807) is 6.07 Å². The number of alkyl halides is 3. The number of methoxy groups -OCH3 is 1. The van der Waals surface area contributed by atoms with Crippen LogP contribution in [0.3, 0.4) is 0 Å². The summed E-state index contributed by atoms with van der Waals surface area (Å²) < 4.78 is 29.9. The molecule has 0 fully saturated rings. The third-order valence-corrected chi connectivity index (χ3v) is 2.44. The highest BCUT2D eigenvalue weighted by atomic mass is 35.5. The summed E-state index contributed by atoms with van der Waals surface area (Å²) in [4.78, 5) is 11.4. The number of carbonyl (C=O) groups is 1. The van der Waals surface area contributed by atoms with Crippen molar-refractivity contribution in [2.24, 2.45) is 0 Å². The highest BCUT2D eigenvalue weighted by Crippen LogP contribution is 2.27. The standard InChI is InChI=1S/C11H8ClF2NO2/c1-17-11(16)8-3-6(4-12)2-7(10(13)14)9(8)5-15/h2-3,10H,4H2,1H3. The predicted molar refractivity (Wildman–Crippen MR) is 57.0 cm³/mol. The number of ether oxygens (including phenoxy) is 1. The second kappa shape index (κ2) is 5.60. The highest BCUT2D eigenvalue weighted by Gasteiger charge is 2.21. The molecule has 90 valence electrons. The molecule has 0 heterocycles. The zero-order chi connectivity index (χ0) is 13.0. The minimum absolute atomic E-state index is 0.0323. The fourth-order valence-electron chi connectivity index (χ4n) is 1.37. The molecular formula is C11H8ClF2NO2. The zero-order valence-corrected chi connectivity index (χ0v) is 9.59. The minimum atomic E-state index is -2.85. The van der Waals surface area contributed by atoms with Crippen LogP contribution >= 0.6 is 11.6 Å². The molecule has 6 heteroatoms. The zero-order valence-electron chi connectivity index (χ0n) is 8.84. The molecule has 0 saturated carbocycles. The van der Waals surface area contributed by atoms with Crippen molar-refractivity contribution in [3.63, 3.8) is 0 Å². The second-order valence-electron chi connectivity index (χ2n) is 3.15. The first kappa shape index (κ1) is 13.4. The fourth-order valence-corrected chi connectivity index (χ4v) is 1.53. The van der Waals surface area contributed by atoms with Crippen LogP contribution in [-0.4, -0.2) is 13.1 Å². The van der Waals surface area contributed by atoms with Crippen molar-refractivity contribution in [2.75, 3.05) is 7.11 Å². The molecule has 1 rings (SSSR count). The summed E-state index contributed by atoms with van der Waals surface area (Å²) in [6.45, 7) is 0. The number of carbonyl (C=O) groups excluding carboxylic acids is 1. The van der Waals surface area contributed by atoms with Crippen LogP contribution in [0.1, 0.15) is 33.5 Å². The van der Waals surface area contributed by atoms with Crippen LogP contribution in [-0.2, 0) is 10.6 Å². The van der Waals surface area contributed by atoms with Crippen LogP contribution in [0, 0.1) is 11.3 Å². The van der Waals surface area contributed by atoms with Crippen LogP contribution in [0.25, 0.3) is 0 Å². The van der Waals surface area contributed by atoms with E-state index in [2.05, 4.69) is 4.74 Å². The van der Waals surface area contributed by atoms with Gasteiger partial charge in [0.2, 0.25) is 0 Å². The van der Waals surface area contributed by atoms with Gasteiger partial charge < -0.3 is 4.74 Å². The SMILES string of the molecule is COC(=O)c1cc(CCl)cc(C(F)F)c1C#N. The fraction of sp³-hybridized carbons (Fsp3) is 0.273. The lowest BCUT2D eigenvalue weighted by Crippen LogP contribution is -2.08. The molecule has 0 aliphatic heterocycles. The molecule has 3 nitrogen and oxygen atoms in total. The van der Waals surface area contributed by atoms with Crippen molar-refractivity contribution in [3.05, 3.63) is 34.4 Å². The van der Waals surface area contributed by atoms with Gasteiger partial charge in [0, 0.05) is 11.4 Å². The average Bonchev–Trinajstić information content (AvgIpc) is 2.35. The molecule has 0 saturated heterocycles. The molecule has 0 aliphatic rings. The molecule has 0 bridgehead atoms. The monoisotopic (exact) mass is 259 g/mol. The van der Waals surface area contributed by atoms with Crippen molar-refractivity contribution in [1.82, 2.24) is 0 Å². The number of hydrogen-bond donors (Lipinski definition) is 0.